The first kappa shape index (κ1) is 28.9. The molecule has 0 bridgehead atoms. The molecule has 9 nitrogen and oxygen atoms in total. The Bertz CT molecular complexity index is 965. The summed E-state index contributed by atoms with van der Waals surface area (Å²) in [6, 6.07) is 11.2. The standard InChI is InChI=1S/C23H33NO4.C4H4O4/c1-22(2)12-8-13-23(3,4)24(22)15-18(25)16-27-20-10-5-6-11-21(20)28-17-19-9-7-14-26-19;5-3(6)1-2-4(7)8/h5-7,9-11,14,18,25H,8,12-13,15-17H2,1-4H3;1-2H,(H,5,6)(H,7,8). The van der Waals surface area contributed by atoms with Crippen molar-refractivity contribution in [2.24, 2.45) is 0 Å². The van der Waals surface area contributed by atoms with E-state index >= 15 is 0 Å². The summed E-state index contributed by atoms with van der Waals surface area (Å²) in [6.07, 6.45) is 5.69. The molecule has 2 heterocycles. The summed E-state index contributed by atoms with van der Waals surface area (Å²) in [5, 5.41) is 26.3. The molecule has 0 amide bonds. The number of nitrogens with zero attached hydrogens (tertiary/aromatic N) is 1. The number of aliphatic hydroxyl groups excluding tert-OH is 1. The van der Waals surface area contributed by atoms with Crippen molar-refractivity contribution in [3.05, 3.63) is 60.6 Å². The predicted octanol–water partition coefficient (Wildman–Crippen LogP) is 4.35. The molecule has 0 spiro atoms. The zero-order valence-corrected chi connectivity index (χ0v) is 21.3. The van der Waals surface area contributed by atoms with E-state index in [1.54, 1.807) is 6.26 Å². The van der Waals surface area contributed by atoms with Crippen LogP contribution in [0.15, 0.2) is 59.2 Å². The average Bonchev–Trinajstić information content (AvgIpc) is 3.32. The molecule has 3 rings (SSSR count). The van der Waals surface area contributed by atoms with E-state index in [-0.39, 0.29) is 17.7 Å². The molecule has 1 fully saturated rings. The van der Waals surface area contributed by atoms with Crippen molar-refractivity contribution in [1.29, 1.82) is 0 Å². The van der Waals surface area contributed by atoms with Gasteiger partial charge in [0, 0.05) is 29.8 Å². The lowest BCUT2D eigenvalue weighted by Gasteiger charge is -2.53. The molecule has 3 N–H and O–H groups in total. The Morgan fingerprint density at radius 1 is 0.972 bits per heavy atom. The number of piperidine rings is 1. The molecule has 1 aliphatic rings. The van der Waals surface area contributed by atoms with Crippen LogP contribution in [-0.2, 0) is 16.2 Å². The smallest absolute Gasteiger partial charge is 0.328 e. The Morgan fingerprint density at radius 2 is 1.53 bits per heavy atom. The number of carbonyl (C=O) groups is 2. The summed E-state index contributed by atoms with van der Waals surface area (Å²) < 4.78 is 17.0. The normalized spacial score (nSPS) is 17.6. The molecular formula is C27H37NO8. The minimum atomic E-state index is -1.26. The van der Waals surface area contributed by atoms with Gasteiger partial charge in [-0.05, 0) is 71.2 Å². The summed E-state index contributed by atoms with van der Waals surface area (Å²) >= 11 is 0. The van der Waals surface area contributed by atoms with Gasteiger partial charge in [0.1, 0.15) is 25.1 Å². The quantitative estimate of drug-likeness (QED) is 0.405. The number of carboxylic acids is 2. The summed E-state index contributed by atoms with van der Waals surface area (Å²) in [7, 11) is 0. The Balaban J connectivity index is 0.000000493. The predicted molar refractivity (Wildman–Crippen MR) is 134 cm³/mol. The maximum atomic E-state index is 10.7. The number of furan rings is 1. The minimum Gasteiger partial charge on any atom is -0.487 e. The van der Waals surface area contributed by atoms with Gasteiger partial charge in [-0.3, -0.25) is 4.90 Å². The topological polar surface area (TPSA) is 130 Å². The lowest BCUT2D eigenvalue weighted by Crippen LogP contribution is -2.60. The number of carboxylic acid groups (broad SMARTS) is 2. The summed E-state index contributed by atoms with van der Waals surface area (Å²) in [6.45, 7) is 10.2. The Hall–Kier alpha value is -3.30. The third-order valence-electron chi connectivity index (χ3n) is 6.03. The van der Waals surface area contributed by atoms with Crippen molar-refractivity contribution >= 4 is 11.9 Å². The molecule has 1 aromatic heterocycles. The molecule has 1 aliphatic heterocycles. The van der Waals surface area contributed by atoms with Crippen LogP contribution in [0.4, 0.5) is 0 Å². The lowest BCUT2D eigenvalue weighted by molar-refractivity contribution is -0.134. The van der Waals surface area contributed by atoms with E-state index in [1.807, 2.05) is 36.4 Å². The highest BCUT2D eigenvalue weighted by Crippen LogP contribution is 2.38. The van der Waals surface area contributed by atoms with Crippen molar-refractivity contribution in [2.75, 3.05) is 13.2 Å². The van der Waals surface area contributed by atoms with E-state index in [0.717, 1.165) is 18.6 Å². The molecule has 0 aliphatic carbocycles. The first-order valence-electron chi connectivity index (χ1n) is 11.9. The maximum Gasteiger partial charge on any atom is 0.328 e. The summed E-state index contributed by atoms with van der Waals surface area (Å²) in [4.78, 5) is 21.5. The van der Waals surface area contributed by atoms with Gasteiger partial charge < -0.3 is 29.2 Å². The maximum absolute atomic E-state index is 10.7. The monoisotopic (exact) mass is 503 g/mol. The van der Waals surface area contributed by atoms with Gasteiger partial charge >= 0.3 is 11.9 Å². The van der Waals surface area contributed by atoms with Crippen LogP contribution >= 0.6 is 0 Å². The van der Waals surface area contributed by atoms with Gasteiger partial charge in [-0.2, -0.15) is 0 Å². The number of hydrogen-bond acceptors (Lipinski definition) is 7. The minimum absolute atomic E-state index is 0.0762. The van der Waals surface area contributed by atoms with Crippen LogP contribution in [0.25, 0.3) is 0 Å². The fraction of sp³-hybridized carbons (Fsp3) is 0.481. The Morgan fingerprint density at radius 3 is 2.03 bits per heavy atom. The van der Waals surface area contributed by atoms with Gasteiger partial charge in [0.25, 0.3) is 0 Å². The number of para-hydroxylation sites is 2. The van der Waals surface area contributed by atoms with E-state index in [0.29, 0.717) is 36.8 Å². The van der Waals surface area contributed by atoms with E-state index in [1.165, 1.54) is 6.42 Å². The van der Waals surface area contributed by atoms with Crippen LogP contribution in [0.3, 0.4) is 0 Å². The first-order valence-corrected chi connectivity index (χ1v) is 11.9. The number of hydrogen-bond donors (Lipinski definition) is 3. The molecule has 1 atom stereocenters. The van der Waals surface area contributed by atoms with Crippen LogP contribution in [0.2, 0.25) is 0 Å². The summed E-state index contributed by atoms with van der Waals surface area (Å²) in [5.74, 6) is -0.487. The van der Waals surface area contributed by atoms with Gasteiger partial charge in [0.05, 0.1) is 6.26 Å². The van der Waals surface area contributed by atoms with Gasteiger partial charge in [0.2, 0.25) is 0 Å². The van der Waals surface area contributed by atoms with Crippen LogP contribution in [0.5, 0.6) is 11.5 Å². The number of β-amino-alcohol motifs (C(OH)–C–C–N with tert-alkyl or cyclic N) is 1. The SMILES string of the molecule is CC1(C)CCCC(C)(C)N1CC(O)COc1ccccc1OCc1ccco1.O=C(O)C=CC(=O)O. The fourth-order valence-corrected chi connectivity index (χ4v) is 4.36. The molecule has 198 valence electrons. The third kappa shape index (κ3) is 9.39. The largest absolute Gasteiger partial charge is 0.487 e. The molecule has 36 heavy (non-hydrogen) atoms. The van der Waals surface area contributed by atoms with Crippen molar-refractivity contribution in [1.82, 2.24) is 4.90 Å². The first-order chi connectivity index (χ1) is 16.9. The second-order valence-electron chi connectivity index (χ2n) is 9.88. The second kappa shape index (κ2) is 13.1. The number of likely N-dealkylation sites (tertiary alicyclic amines) is 1. The molecular weight excluding hydrogens is 466 g/mol. The number of aliphatic hydroxyl groups is 1. The van der Waals surface area contributed by atoms with Crippen LogP contribution in [-0.4, -0.2) is 62.5 Å². The van der Waals surface area contributed by atoms with Gasteiger partial charge in [-0.25, -0.2) is 9.59 Å². The molecule has 2 aromatic rings. The van der Waals surface area contributed by atoms with Crippen LogP contribution in [0.1, 0.15) is 52.7 Å². The number of aliphatic carboxylic acids is 2. The second-order valence-corrected chi connectivity index (χ2v) is 9.88. The lowest BCUT2D eigenvalue weighted by atomic mass is 9.79. The summed E-state index contributed by atoms with van der Waals surface area (Å²) in [5.41, 5.74) is 0.152. The van der Waals surface area contributed by atoms with Crippen LogP contribution < -0.4 is 9.47 Å². The molecule has 0 radical (unpaired) electrons. The van der Waals surface area contributed by atoms with E-state index in [4.69, 9.17) is 24.1 Å². The van der Waals surface area contributed by atoms with Gasteiger partial charge in [-0.1, -0.05) is 12.1 Å². The highest BCUT2D eigenvalue weighted by atomic mass is 16.5. The van der Waals surface area contributed by atoms with Crippen molar-refractivity contribution in [3.8, 4) is 11.5 Å². The Labute approximate surface area is 211 Å². The van der Waals surface area contributed by atoms with Crippen molar-refractivity contribution in [2.45, 2.75) is 70.7 Å². The highest BCUT2D eigenvalue weighted by Gasteiger charge is 2.41. The zero-order valence-electron chi connectivity index (χ0n) is 21.3. The van der Waals surface area contributed by atoms with Crippen LogP contribution in [0, 0.1) is 0 Å². The van der Waals surface area contributed by atoms with E-state index in [2.05, 4.69) is 32.6 Å². The average molecular weight is 504 g/mol. The molecule has 1 saturated heterocycles. The number of benzene rings is 1. The third-order valence-corrected chi connectivity index (χ3v) is 6.03. The number of rotatable bonds is 10. The van der Waals surface area contributed by atoms with E-state index in [9.17, 15) is 14.7 Å². The molecule has 9 heteroatoms. The molecule has 1 aromatic carbocycles. The fourth-order valence-electron chi connectivity index (χ4n) is 4.36. The number of ether oxygens (including phenoxy) is 2. The van der Waals surface area contributed by atoms with Gasteiger partial charge in [0.15, 0.2) is 11.5 Å². The van der Waals surface area contributed by atoms with Crippen molar-refractivity contribution in [3.63, 3.8) is 0 Å². The molecule has 0 saturated carbocycles. The van der Waals surface area contributed by atoms with E-state index < -0.39 is 18.0 Å². The van der Waals surface area contributed by atoms with Gasteiger partial charge in [-0.15, -0.1) is 0 Å². The van der Waals surface area contributed by atoms with Crippen molar-refractivity contribution < 1.29 is 38.8 Å². The molecule has 1 unspecified atom stereocenters. The Kier molecular flexibility index (Phi) is 10.6. The highest BCUT2D eigenvalue weighted by molar-refractivity contribution is 5.89. The zero-order chi connectivity index (χ0) is 26.8.